The Bertz CT molecular complexity index is 524. The van der Waals surface area contributed by atoms with Crippen LogP contribution in [0.5, 0.6) is 5.75 Å². The molecular formula is C18H30IN3O3. The third kappa shape index (κ3) is 10.2. The molecule has 6 nitrogen and oxygen atoms in total. The van der Waals surface area contributed by atoms with Crippen molar-refractivity contribution in [3.8, 4) is 5.75 Å². The van der Waals surface area contributed by atoms with E-state index in [9.17, 15) is 4.79 Å². The van der Waals surface area contributed by atoms with Crippen LogP contribution in [0.4, 0.5) is 0 Å². The lowest BCUT2D eigenvalue weighted by molar-refractivity contribution is -0.140. The fourth-order valence-electron chi connectivity index (χ4n) is 2.24. The number of para-hydroxylation sites is 1. The molecule has 0 atom stereocenters. The maximum atomic E-state index is 11.0. The van der Waals surface area contributed by atoms with E-state index in [2.05, 4.69) is 26.4 Å². The Morgan fingerprint density at radius 2 is 1.92 bits per heavy atom. The standard InChI is InChI=1S/C18H29N3O3.HI/c1-4-19-18(20-13-8-7-11-17(22)24-3)21-14-12-15-9-5-6-10-16(15)23-2;/h5-6,9-10H,4,7-8,11-14H2,1-3H3,(H2,19,20,21);1H. The summed E-state index contributed by atoms with van der Waals surface area (Å²) in [6, 6.07) is 8.02. The van der Waals surface area contributed by atoms with Gasteiger partial charge in [0.1, 0.15) is 5.75 Å². The normalized spacial score (nSPS) is 10.6. The molecule has 0 heterocycles. The van der Waals surface area contributed by atoms with Crippen molar-refractivity contribution in [1.82, 2.24) is 10.6 Å². The second-order valence-electron chi connectivity index (χ2n) is 5.28. The van der Waals surface area contributed by atoms with Crippen molar-refractivity contribution in [1.29, 1.82) is 0 Å². The van der Waals surface area contributed by atoms with Gasteiger partial charge in [0.15, 0.2) is 5.96 Å². The molecule has 1 aromatic rings. The van der Waals surface area contributed by atoms with Gasteiger partial charge in [-0.2, -0.15) is 0 Å². The first kappa shape index (κ1) is 23.5. The number of aliphatic imine (C=N–C) groups is 1. The number of halogens is 1. The monoisotopic (exact) mass is 463 g/mol. The first-order chi connectivity index (χ1) is 11.7. The second kappa shape index (κ2) is 14.8. The van der Waals surface area contributed by atoms with Gasteiger partial charge in [-0.3, -0.25) is 9.79 Å². The average molecular weight is 463 g/mol. The van der Waals surface area contributed by atoms with Gasteiger partial charge >= 0.3 is 5.97 Å². The predicted octanol–water partition coefficient (Wildman–Crippen LogP) is 2.75. The molecular weight excluding hydrogens is 433 g/mol. The fourth-order valence-corrected chi connectivity index (χ4v) is 2.24. The highest BCUT2D eigenvalue weighted by Gasteiger charge is 2.03. The van der Waals surface area contributed by atoms with Gasteiger partial charge in [0, 0.05) is 26.1 Å². The predicted molar refractivity (Wildman–Crippen MR) is 112 cm³/mol. The number of rotatable bonds is 10. The number of hydrogen-bond donors (Lipinski definition) is 2. The van der Waals surface area contributed by atoms with Gasteiger partial charge in [-0.1, -0.05) is 18.2 Å². The molecule has 25 heavy (non-hydrogen) atoms. The molecule has 0 aliphatic rings. The Morgan fingerprint density at radius 1 is 1.16 bits per heavy atom. The largest absolute Gasteiger partial charge is 0.496 e. The van der Waals surface area contributed by atoms with Crippen molar-refractivity contribution < 1.29 is 14.3 Å². The summed E-state index contributed by atoms with van der Waals surface area (Å²) in [4.78, 5) is 15.6. The lowest BCUT2D eigenvalue weighted by Crippen LogP contribution is -2.38. The van der Waals surface area contributed by atoms with Crippen LogP contribution in [-0.2, 0) is 16.0 Å². The number of benzene rings is 1. The summed E-state index contributed by atoms with van der Waals surface area (Å²) in [6.07, 6.45) is 2.95. The molecule has 0 spiro atoms. The quantitative estimate of drug-likeness (QED) is 0.184. The maximum absolute atomic E-state index is 11.0. The first-order valence-corrected chi connectivity index (χ1v) is 8.42. The van der Waals surface area contributed by atoms with Crippen LogP contribution in [0.15, 0.2) is 29.3 Å². The minimum Gasteiger partial charge on any atom is -0.496 e. The van der Waals surface area contributed by atoms with Crippen LogP contribution in [0.3, 0.4) is 0 Å². The van der Waals surface area contributed by atoms with Crippen molar-refractivity contribution >= 4 is 35.9 Å². The van der Waals surface area contributed by atoms with Crippen molar-refractivity contribution in [3.63, 3.8) is 0 Å². The summed E-state index contributed by atoms with van der Waals surface area (Å²) in [5.41, 5.74) is 1.17. The van der Waals surface area contributed by atoms with E-state index in [1.54, 1.807) is 7.11 Å². The number of hydrogen-bond acceptors (Lipinski definition) is 4. The number of methoxy groups -OCH3 is 2. The highest BCUT2D eigenvalue weighted by Crippen LogP contribution is 2.17. The molecule has 142 valence electrons. The lowest BCUT2D eigenvalue weighted by Gasteiger charge is -2.12. The molecule has 0 bridgehead atoms. The van der Waals surface area contributed by atoms with Crippen LogP contribution in [0, 0.1) is 0 Å². The minimum atomic E-state index is -0.166. The van der Waals surface area contributed by atoms with Crippen molar-refractivity contribution in [2.45, 2.75) is 32.6 Å². The Morgan fingerprint density at radius 3 is 2.60 bits per heavy atom. The van der Waals surface area contributed by atoms with Gasteiger partial charge in [0.2, 0.25) is 0 Å². The average Bonchev–Trinajstić information content (AvgIpc) is 2.61. The molecule has 0 aliphatic heterocycles. The van der Waals surface area contributed by atoms with Crippen molar-refractivity contribution in [2.24, 2.45) is 4.99 Å². The minimum absolute atomic E-state index is 0. The highest BCUT2D eigenvalue weighted by molar-refractivity contribution is 14.0. The first-order valence-electron chi connectivity index (χ1n) is 8.42. The van der Waals surface area contributed by atoms with Crippen LogP contribution in [0.25, 0.3) is 0 Å². The zero-order chi connectivity index (χ0) is 17.6. The topological polar surface area (TPSA) is 72.0 Å². The number of nitrogens with zero attached hydrogens (tertiary/aromatic N) is 1. The number of ether oxygens (including phenoxy) is 2. The van der Waals surface area contributed by atoms with Gasteiger partial charge in [-0.15, -0.1) is 24.0 Å². The molecule has 0 saturated heterocycles. The summed E-state index contributed by atoms with van der Waals surface area (Å²) >= 11 is 0. The van der Waals surface area contributed by atoms with E-state index in [1.165, 1.54) is 12.7 Å². The van der Waals surface area contributed by atoms with Gasteiger partial charge in [0.05, 0.1) is 14.2 Å². The van der Waals surface area contributed by atoms with Gasteiger partial charge in [0.25, 0.3) is 0 Å². The molecule has 0 saturated carbocycles. The maximum Gasteiger partial charge on any atom is 0.305 e. The molecule has 0 amide bonds. The molecule has 1 rings (SSSR count). The molecule has 2 N–H and O–H groups in total. The summed E-state index contributed by atoms with van der Waals surface area (Å²) in [7, 11) is 3.10. The molecule has 7 heteroatoms. The van der Waals surface area contributed by atoms with E-state index < -0.39 is 0 Å². The zero-order valence-electron chi connectivity index (χ0n) is 15.3. The molecule has 0 fully saturated rings. The number of unbranched alkanes of at least 4 members (excludes halogenated alkanes) is 1. The number of carbonyl (C=O) groups is 1. The summed E-state index contributed by atoms with van der Waals surface area (Å²) in [5.74, 6) is 1.54. The molecule has 1 aromatic carbocycles. The number of esters is 1. The summed E-state index contributed by atoms with van der Waals surface area (Å²) in [6.45, 7) is 4.30. The Kier molecular flexibility index (Phi) is 13.9. The zero-order valence-corrected chi connectivity index (χ0v) is 17.7. The van der Waals surface area contributed by atoms with Crippen molar-refractivity contribution in [2.75, 3.05) is 33.9 Å². The number of carbonyl (C=O) groups excluding carboxylic acids is 1. The van der Waals surface area contributed by atoms with Gasteiger partial charge < -0.3 is 20.1 Å². The highest BCUT2D eigenvalue weighted by atomic mass is 127. The third-order valence-corrected chi connectivity index (χ3v) is 3.51. The van der Waals surface area contributed by atoms with Crippen LogP contribution in [0.2, 0.25) is 0 Å². The van der Waals surface area contributed by atoms with E-state index in [1.807, 2.05) is 25.1 Å². The SMILES string of the molecule is CCNC(=NCCCCC(=O)OC)NCCc1ccccc1OC.I. The Labute approximate surface area is 167 Å². The third-order valence-electron chi connectivity index (χ3n) is 3.51. The van der Waals surface area contributed by atoms with E-state index in [0.717, 1.165) is 44.1 Å². The molecule has 0 radical (unpaired) electrons. The van der Waals surface area contributed by atoms with Crippen LogP contribution in [-0.4, -0.2) is 45.8 Å². The van der Waals surface area contributed by atoms with E-state index in [0.29, 0.717) is 13.0 Å². The Hall–Kier alpha value is -1.51. The molecule has 0 aromatic heterocycles. The van der Waals surface area contributed by atoms with Crippen molar-refractivity contribution in [3.05, 3.63) is 29.8 Å². The van der Waals surface area contributed by atoms with E-state index in [-0.39, 0.29) is 29.9 Å². The number of guanidine groups is 1. The Balaban J connectivity index is 0.00000576. The second-order valence-corrected chi connectivity index (χ2v) is 5.28. The summed E-state index contributed by atoms with van der Waals surface area (Å²) in [5, 5.41) is 6.55. The van der Waals surface area contributed by atoms with Gasteiger partial charge in [-0.05, 0) is 37.8 Å². The summed E-state index contributed by atoms with van der Waals surface area (Å²) < 4.78 is 9.98. The lowest BCUT2D eigenvalue weighted by atomic mass is 10.1. The van der Waals surface area contributed by atoms with E-state index in [4.69, 9.17) is 4.74 Å². The van der Waals surface area contributed by atoms with Gasteiger partial charge in [-0.25, -0.2) is 0 Å². The van der Waals surface area contributed by atoms with E-state index >= 15 is 0 Å². The van der Waals surface area contributed by atoms with Crippen LogP contribution < -0.4 is 15.4 Å². The van der Waals surface area contributed by atoms with Crippen LogP contribution >= 0.6 is 24.0 Å². The number of nitrogens with one attached hydrogen (secondary N) is 2. The fraction of sp³-hybridized carbons (Fsp3) is 0.556. The molecule has 0 aliphatic carbocycles. The smallest absolute Gasteiger partial charge is 0.305 e. The molecule has 0 unspecified atom stereocenters. The van der Waals surface area contributed by atoms with Crippen LogP contribution in [0.1, 0.15) is 31.7 Å².